The van der Waals surface area contributed by atoms with Crippen LogP contribution in [0.1, 0.15) is 27.7 Å². The Bertz CT molecular complexity index is 359. The van der Waals surface area contributed by atoms with Gasteiger partial charge in [0.1, 0.15) is 0 Å². The SMILES string of the molecule is C/C=C(\Nc1ccccc1N)C(C)(C)C. The first-order chi connectivity index (χ1) is 6.95. The van der Waals surface area contributed by atoms with Crippen molar-refractivity contribution in [3.63, 3.8) is 0 Å². The van der Waals surface area contributed by atoms with Gasteiger partial charge in [0.25, 0.3) is 0 Å². The minimum Gasteiger partial charge on any atom is -0.397 e. The van der Waals surface area contributed by atoms with E-state index in [2.05, 4.69) is 32.2 Å². The van der Waals surface area contributed by atoms with Crippen molar-refractivity contribution in [3.05, 3.63) is 36.0 Å². The third-order valence-electron chi connectivity index (χ3n) is 2.33. The van der Waals surface area contributed by atoms with E-state index < -0.39 is 0 Å². The molecule has 0 radical (unpaired) electrons. The Labute approximate surface area is 92.2 Å². The highest BCUT2D eigenvalue weighted by Gasteiger charge is 2.16. The van der Waals surface area contributed by atoms with E-state index in [0.29, 0.717) is 0 Å². The van der Waals surface area contributed by atoms with Crippen LogP contribution in [-0.4, -0.2) is 0 Å². The number of allylic oxidation sites excluding steroid dienone is 2. The summed E-state index contributed by atoms with van der Waals surface area (Å²) in [4.78, 5) is 0. The molecule has 0 aliphatic heterocycles. The molecule has 0 spiro atoms. The molecule has 1 aromatic rings. The highest BCUT2D eigenvalue weighted by Crippen LogP contribution is 2.28. The van der Waals surface area contributed by atoms with Gasteiger partial charge in [0.15, 0.2) is 0 Å². The number of anilines is 2. The zero-order chi connectivity index (χ0) is 11.5. The summed E-state index contributed by atoms with van der Waals surface area (Å²) in [5, 5.41) is 3.37. The first kappa shape index (κ1) is 11.6. The molecular formula is C13H20N2. The molecule has 0 unspecified atom stereocenters. The van der Waals surface area contributed by atoms with Crippen LogP contribution in [0.4, 0.5) is 11.4 Å². The van der Waals surface area contributed by atoms with E-state index in [9.17, 15) is 0 Å². The zero-order valence-electron chi connectivity index (χ0n) is 9.96. The predicted octanol–water partition coefficient (Wildman–Crippen LogP) is 3.63. The molecule has 2 heteroatoms. The fourth-order valence-corrected chi connectivity index (χ4v) is 1.45. The Kier molecular flexibility index (Phi) is 3.40. The number of hydrogen-bond acceptors (Lipinski definition) is 2. The highest BCUT2D eigenvalue weighted by atomic mass is 14.9. The average molecular weight is 204 g/mol. The second-order valence-electron chi connectivity index (χ2n) is 4.66. The van der Waals surface area contributed by atoms with Crippen LogP contribution in [-0.2, 0) is 0 Å². The van der Waals surface area contributed by atoms with Gasteiger partial charge in [-0.1, -0.05) is 39.0 Å². The van der Waals surface area contributed by atoms with E-state index >= 15 is 0 Å². The third-order valence-corrected chi connectivity index (χ3v) is 2.33. The van der Waals surface area contributed by atoms with Crippen LogP contribution >= 0.6 is 0 Å². The summed E-state index contributed by atoms with van der Waals surface area (Å²) in [6, 6.07) is 7.81. The van der Waals surface area contributed by atoms with Gasteiger partial charge in [0.2, 0.25) is 0 Å². The van der Waals surface area contributed by atoms with Gasteiger partial charge >= 0.3 is 0 Å². The highest BCUT2D eigenvalue weighted by molar-refractivity contribution is 5.68. The molecule has 3 N–H and O–H groups in total. The first-order valence-corrected chi connectivity index (χ1v) is 5.23. The van der Waals surface area contributed by atoms with E-state index in [4.69, 9.17) is 5.73 Å². The second kappa shape index (κ2) is 4.39. The summed E-state index contributed by atoms with van der Waals surface area (Å²) in [6.07, 6.45) is 2.09. The molecule has 2 nitrogen and oxygen atoms in total. The molecule has 15 heavy (non-hydrogen) atoms. The fourth-order valence-electron chi connectivity index (χ4n) is 1.45. The smallest absolute Gasteiger partial charge is 0.0615 e. The predicted molar refractivity (Wildman–Crippen MR) is 67.7 cm³/mol. The lowest BCUT2D eigenvalue weighted by atomic mass is 9.91. The maximum absolute atomic E-state index is 5.88. The van der Waals surface area contributed by atoms with Crippen molar-refractivity contribution in [1.82, 2.24) is 0 Å². The van der Waals surface area contributed by atoms with E-state index in [1.807, 2.05) is 31.2 Å². The molecule has 0 aromatic heterocycles. The zero-order valence-corrected chi connectivity index (χ0v) is 9.96. The number of nitrogens with two attached hydrogens (primary N) is 1. The number of hydrogen-bond donors (Lipinski definition) is 2. The van der Waals surface area contributed by atoms with Crippen molar-refractivity contribution < 1.29 is 0 Å². The van der Waals surface area contributed by atoms with Crippen LogP contribution in [0.15, 0.2) is 36.0 Å². The second-order valence-corrected chi connectivity index (χ2v) is 4.66. The lowest BCUT2D eigenvalue weighted by molar-refractivity contribution is 0.507. The molecule has 0 saturated carbocycles. The molecule has 0 saturated heterocycles. The largest absolute Gasteiger partial charge is 0.397 e. The van der Waals surface area contributed by atoms with Crippen molar-refractivity contribution in [2.45, 2.75) is 27.7 Å². The molecule has 0 aliphatic carbocycles. The number of para-hydroxylation sites is 2. The van der Waals surface area contributed by atoms with Gasteiger partial charge in [0, 0.05) is 11.1 Å². The molecular weight excluding hydrogens is 184 g/mol. The van der Waals surface area contributed by atoms with Crippen LogP contribution in [0.5, 0.6) is 0 Å². The number of nitrogen functional groups attached to an aromatic ring is 1. The molecule has 82 valence electrons. The maximum atomic E-state index is 5.88. The van der Waals surface area contributed by atoms with Crippen molar-refractivity contribution in [1.29, 1.82) is 0 Å². The van der Waals surface area contributed by atoms with E-state index in [0.717, 1.165) is 11.4 Å². The van der Waals surface area contributed by atoms with Crippen LogP contribution in [0.25, 0.3) is 0 Å². The third kappa shape index (κ3) is 3.01. The Balaban J connectivity index is 2.91. The van der Waals surface area contributed by atoms with E-state index in [1.165, 1.54) is 5.70 Å². The summed E-state index contributed by atoms with van der Waals surface area (Å²) in [7, 11) is 0. The molecule has 0 fully saturated rings. The molecule has 1 aromatic carbocycles. The van der Waals surface area contributed by atoms with Crippen LogP contribution in [0, 0.1) is 5.41 Å². The molecule has 0 amide bonds. The Morgan fingerprint density at radius 2 is 1.87 bits per heavy atom. The van der Waals surface area contributed by atoms with Crippen LogP contribution in [0.2, 0.25) is 0 Å². The number of nitrogens with one attached hydrogen (secondary N) is 1. The lowest BCUT2D eigenvalue weighted by Gasteiger charge is -2.25. The molecule has 0 atom stereocenters. The number of rotatable bonds is 2. The van der Waals surface area contributed by atoms with E-state index in [1.54, 1.807) is 0 Å². The monoisotopic (exact) mass is 204 g/mol. The Morgan fingerprint density at radius 1 is 1.27 bits per heavy atom. The standard InChI is InChI=1S/C13H20N2/c1-5-12(13(2,3)4)15-11-9-7-6-8-10(11)14/h5-9,15H,14H2,1-4H3/b12-5-. The number of benzene rings is 1. The molecule has 1 rings (SSSR count). The van der Waals surface area contributed by atoms with Crippen molar-refractivity contribution in [2.24, 2.45) is 5.41 Å². The average Bonchev–Trinajstić information content (AvgIpc) is 2.14. The van der Waals surface area contributed by atoms with E-state index in [-0.39, 0.29) is 5.41 Å². The summed E-state index contributed by atoms with van der Waals surface area (Å²) >= 11 is 0. The van der Waals surface area contributed by atoms with Crippen molar-refractivity contribution in [3.8, 4) is 0 Å². The quantitative estimate of drug-likeness (QED) is 0.722. The first-order valence-electron chi connectivity index (χ1n) is 5.23. The van der Waals surface area contributed by atoms with Gasteiger partial charge in [-0.15, -0.1) is 0 Å². The van der Waals surface area contributed by atoms with Gasteiger partial charge in [-0.2, -0.15) is 0 Å². The lowest BCUT2D eigenvalue weighted by Crippen LogP contribution is -2.17. The molecule has 0 heterocycles. The Hall–Kier alpha value is -1.44. The van der Waals surface area contributed by atoms with Crippen molar-refractivity contribution >= 4 is 11.4 Å². The minimum atomic E-state index is 0.108. The summed E-state index contributed by atoms with van der Waals surface area (Å²) in [6.45, 7) is 8.56. The molecule has 0 bridgehead atoms. The minimum absolute atomic E-state index is 0.108. The van der Waals surface area contributed by atoms with Gasteiger partial charge in [0.05, 0.1) is 11.4 Å². The summed E-state index contributed by atoms with van der Waals surface area (Å²) in [5.74, 6) is 0. The van der Waals surface area contributed by atoms with Gasteiger partial charge in [-0.3, -0.25) is 0 Å². The van der Waals surface area contributed by atoms with Gasteiger partial charge in [-0.25, -0.2) is 0 Å². The van der Waals surface area contributed by atoms with Crippen LogP contribution in [0.3, 0.4) is 0 Å². The fraction of sp³-hybridized carbons (Fsp3) is 0.385. The van der Waals surface area contributed by atoms with Crippen LogP contribution < -0.4 is 11.1 Å². The topological polar surface area (TPSA) is 38.0 Å². The summed E-state index contributed by atoms with van der Waals surface area (Å²) < 4.78 is 0. The van der Waals surface area contributed by atoms with Crippen molar-refractivity contribution in [2.75, 3.05) is 11.1 Å². The normalized spacial score (nSPS) is 12.7. The Morgan fingerprint density at radius 3 is 2.33 bits per heavy atom. The maximum Gasteiger partial charge on any atom is 0.0615 e. The van der Waals surface area contributed by atoms with Gasteiger partial charge < -0.3 is 11.1 Å². The molecule has 0 aliphatic rings. The van der Waals surface area contributed by atoms with Gasteiger partial charge in [-0.05, 0) is 19.1 Å². The summed E-state index contributed by atoms with van der Waals surface area (Å²) in [5.41, 5.74) is 8.92.